The minimum Gasteiger partial charge on any atom is -0.449 e. The number of carbonyl (C=O) groups excluding carboxylic acids is 3. The van der Waals surface area contributed by atoms with E-state index in [0.29, 0.717) is 17.9 Å². The first-order valence-electron chi connectivity index (χ1n) is 8.24. The van der Waals surface area contributed by atoms with Crippen molar-refractivity contribution in [2.45, 2.75) is 18.8 Å². The molecule has 1 saturated heterocycles. The Morgan fingerprint density at radius 2 is 2.23 bits per heavy atom. The fourth-order valence-electron chi connectivity index (χ4n) is 2.56. The van der Waals surface area contributed by atoms with Gasteiger partial charge in [-0.05, 0) is 18.6 Å². The standard InChI is InChI=1S/C17H19N3O4S2/c1-11(14(21)20-8-6-18-16(20)23)24-15(22)13-5-3-2-4-12(13)10-26-17-19-7-9-25-17/h2-5,11H,6-10H2,1H3,(H,18,23)/t11-/m0/s1. The lowest BCUT2D eigenvalue weighted by Crippen LogP contribution is -2.41. The second-order valence-electron chi connectivity index (χ2n) is 5.71. The fourth-order valence-corrected chi connectivity index (χ4v) is 4.58. The third-order valence-electron chi connectivity index (χ3n) is 3.90. The number of carbonyl (C=O) groups is 3. The number of ether oxygens (including phenoxy) is 1. The van der Waals surface area contributed by atoms with Crippen LogP contribution in [-0.4, -0.2) is 58.7 Å². The number of thioether (sulfide) groups is 2. The zero-order valence-electron chi connectivity index (χ0n) is 14.3. The van der Waals surface area contributed by atoms with Crippen LogP contribution in [0.15, 0.2) is 29.3 Å². The van der Waals surface area contributed by atoms with Crippen LogP contribution in [0.2, 0.25) is 0 Å². The van der Waals surface area contributed by atoms with Crippen molar-refractivity contribution in [1.29, 1.82) is 0 Å². The minimum absolute atomic E-state index is 0.284. The van der Waals surface area contributed by atoms with Crippen molar-refractivity contribution in [2.75, 3.05) is 25.4 Å². The summed E-state index contributed by atoms with van der Waals surface area (Å²) in [4.78, 5) is 41.8. The van der Waals surface area contributed by atoms with Crippen LogP contribution in [0.1, 0.15) is 22.8 Å². The van der Waals surface area contributed by atoms with E-state index in [-0.39, 0.29) is 6.54 Å². The normalized spacial score (nSPS) is 17.7. The van der Waals surface area contributed by atoms with Crippen LogP contribution < -0.4 is 5.32 Å². The van der Waals surface area contributed by atoms with Gasteiger partial charge in [0.05, 0.1) is 12.1 Å². The van der Waals surface area contributed by atoms with E-state index in [2.05, 4.69) is 10.3 Å². The van der Waals surface area contributed by atoms with Gasteiger partial charge in [0.15, 0.2) is 6.10 Å². The highest BCUT2D eigenvalue weighted by atomic mass is 32.2. The highest BCUT2D eigenvalue weighted by Crippen LogP contribution is 2.26. The second-order valence-corrected chi connectivity index (χ2v) is 8.02. The van der Waals surface area contributed by atoms with E-state index in [1.54, 1.807) is 35.7 Å². The van der Waals surface area contributed by atoms with Crippen LogP contribution in [0, 0.1) is 0 Å². The number of nitrogens with one attached hydrogen (secondary N) is 1. The smallest absolute Gasteiger partial charge is 0.339 e. The van der Waals surface area contributed by atoms with Gasteiger partial charge in [-0.25, -0.2) is 9.59 Å². The number of nitrogens with zero attached hydrogens (tertiary/aromatic N) is 2. The molecule has 0 spiro atoms. The molecule has 0 aliphatic carbocycles. The second kappa shape index (κ2) is 8.59. The molecule has 1 atom stereocenters. The largest absolute Gasteiger partial charge is 0.449 e. The molecule has 138 valence electrons. The van der Waals surface area contributed by atoms with Gasteiger partial charge in [0.25, 0.3) is 5.91 Å². The zero-order valence-corrected chi connectivity index (χ0v) is 15.9. The van der Waals surface area contributed by atoms with Crippen molar-refractivity contribution in [3.05, 3.63) is 35.4 Å². The maximum atomic E-state index is 12.5. The number of benzene rings is 1. The van der Waals surface area contributed by atoms with Crippen molar-refractivity contribution in [3.63, 3.8) is 0 Å². The first kappa shape index (κ1) is 18.8. The summed E-state index contributed by atoms with van der Waals surface area (Å²) in [5.41, 5.74) is 1.25. The van der Waals surface area contributed by atoms with Crippen molar-refractivity contribution in [3.8, 4) is 0 Å². The van der Waals surface area contributed by atoms with E-state index in [4.69, 9.17) is 4.74 Å². The van der Waals surface area contributed by atoms with Gasteiger partial charge in [0.1, 0.15) is 4.38 Å². The average molecular weight is 393 g/mol. The van der Waals surface area contributed by atoms with Gasteiger partial charge in [-0.2, -0.15) is 0 Å². The molecule has 1 aromatic carbocycles. The lowest BCUT2D eigenvalue weighted by atomic mass is 10.1. The Hall–Kier alpha value is -2.00. The average Bonchev–Trinajstić information content (AvgIpc) is 3.31. The van der Waals surface area contributed by atoms with Gasteiger partial charge in [-0.3, -0.25) is 14.7 Å². The van der Waals surface area contributed by atoms with Gasteiger partial charge in [0, 0.05) is 24.6 Å². The molecular weight excluding hydrogens is 374 g/mol. The van der Waals surface area contributed by atoms with Crippen molar-refractivity contribution >= 4 is 45.8 Å². The van der Waals surface area contributed by atoms with E-state index in [0.717, 1.165) is 27.1 Å². The summed E-state index contributed by atoms with van der Waals surface area (Å²) in [5.74, 6) is 0.517. The Bertz CT molecular complexity index is 753. The van der Waals surface area contributed by atoms with E-state index >= 15 is 0 Å². The topological polar surface area (TPSA) is 88.1 Å². The van der Waals surface area contributed by atoms with Gasteiger partial charge in [-0.1, -0.05) is 41.7 Å². The summed E-state index contributed by atoms with van der Waals surface area (Å²) in [6.45, 7) is 3.01. The van der Waals surface area contributed by atoms with Gasteiger partial charge < -0.3 is 10.1 Å². The van der Waals surface area contributed by atoms with Crippen LogP contribution in [0.4, 0.5) is 4.79 Å². The lowest BCUT2D eigenvalue weighted by Gasteiger charge is -2.18. The number of rotatable bonds is 5. The molecule has 1 aromatic rings. The number of amides is 3. The Morgan fingerprint density at radius 3 is 2.92 bits per heavy atom. The minimum atomic E-state index is -1.03. The molecule has 3 amide bonds. The predicted molar refractivity (Wildman–Crippen MR) is 102 cm³/mol. The Kier molecular flexibility index (Phi) is 6.20. The van der Waals surface area contributed by atoms with Gasteiger partial charge in [-0.15, -0.1) is 0 Å². The maximum Gasteiger partial charge on any atom is 0.339 e. The van der Waals surface area contributed by atoms with Crippen molar-refractivity contribution in [2.24, 2.45) is 4.99 Å². The summed E-state index contributed by atoms with van der Waals surface area (Å²) in [7, 11) is 0. The molecule has 2 aliphatic rings. The number of urea groups is 1. The van der Waals surface area contributed by atoms with Gasteiger partial charge in [0.2, 0.25) is 0 Å². The maximum absolute atomic E-state index is 12.5. The van der Waals surface area contributed by atoms with Crippen molar-refractivity contribution < 1.29 is 19.1 Å². The zero-order chi connectivity index (χ0) is 18.5. The summed E-state index contributed by atoms with van der Waals surface area (Å²) in [6.07, 6.45) is -1.03. The molecule has 26 heavy (non-hydrogen) atoms. The van der Waals surface area contributed by atoms with Crippen LogP contribution in [0.25, 0.3) is 0 Å². The number of hydrogen-bond donors (Lipinski definition) is 1. The number of aliphatic imine (C=N–C) groups is 1. The molecule has 9 heteroatoms. The fraction of sp³-hybridized carbons (Fsp3) is 0.412. The third-order valence-corrected chi connectivity index (χ3v) is 6.20. The van der Waals surface area contributed by atoms with Crippen LogP contribution in [0.3, 0.4) is 0 Å². The number of imide groups is 1. The summed E-state index contributed by atoms with van der Waals surface area (Å²) >= 11 is 3.31. The number of esters is 1. The van der Waals surface area contributed by atoms with E-state index in [9.17, 15) is 14.4 Å². The van der Waals surface area contributed by atoms with E-state index < -0.39 is 24.0 Å². The summed E-state index contributed by atoms with van der Waals surface area (Å²) < 4.78 is 6.34. The van der Waals surface area contributed by atoms with E-state index in [1.165, 1.54) is 6.92 Å². The molecule has 1 N–H and O–H groups in total. The Labute approximate surface area is 159 Å². The molecule has 0 saturated carbocycles. The SMILES string of the molecule is C[C@H](OC(=O)c1ccccc1CSC1=NCCS1)C(=O)N1CCNC1=O. The molecule has 2 heterocycles. The molecule has 0 bridgehead atoms. The molecule has 0 aromatic heterocycles. The lowest BCUT2D eigenvalue weighted by molar-refractivity contribution is -0.136. The van der Waals surface area contributed by atoms with Crippen LogP contribution >= 0.6 is 23.5 Å². The quantitative estimate of drug-likeness (QED) is 0.771. The molecule has 3 rings (SSSR count). The molecule has 2 aliphatic heterocycles. The molecule has 1 fully saturated rings. The highest BCUT2D eigenvalue weighted by molar-refractivity contribution is 8.38. The van der Waals surface area contributed by atoms with Gasteiger partial charge >= 0.3 is 12.0 Å². The highest BCUT2D eigenvalue weighted by Gasteiger charge is 2.32. The predicted octanol–water partition coefficient (Wildman–Crippen LogP) is 2.12. The monoisotopic (exact) mass is 393 g/mol. The van der Waals surface area contributed by atoms with Crippen LogP contribution in [-0.2, 0) is 15.3 Å². The molecule has 7 nitrogen and oxygen atoms in total. The Balaban J connectivity index is 1.63. The third kappa shape index (κ3) is 4.39. The number of hydrogen-bond acceptors (Lipinski definition) is 7. The first-order chi connectivity index (χ1) is 12.6. The van der Waals surface area contributed by atoms with Crippen molar-refractivity contribution in [1.82, 2.24) is 10.2 Å². The van der Waals surface area contributed by atoms with E-state index in [1.807, 2.05) is 12.1 Å². The molecule has 0 unspecified atom stereocenters. The summed E-state index contributed by atoms with van der Waals surface area (Å²) in [5, 5.41) is 2.55. The van der Waals surface area contributed by atoms with Crippen LogP contribution in [0.5, 0.6) is 0 Å². The molecule has 0 radical (unpaired) electrons. The summed E-state index contributed by atoms with van der Waals surface area (Å²) in [6, 6.07) is 6.71. The molecular formula is C17H19N3O4S2. The Morgan fingerprint density at radius 1 is 1.42 bits per heavy atom. The first-order valence-corrected chi connectivity index (χ1v) is 10.2.